The summed E-state index contributed by atoms with van der Waals surface area (Å²) in [4.78, 5) is 0. The standard InChI is InChI=1S/C10H21N3O2S/c14-16(15)8-6-11-5-7-13(16)9-10-3-1-2-4-12-10/h10-12H,1-9H2. The quantitative estimate of drug-likeness (QED) is 0.682. The zero-order chi connectivity index (χ0) is 11.4. The highest BCUT2D eigenvalue weighted by Gasteiger charge is 2.27. The summed E-state index contributed by atoms with van der Waals surface area (Å²) in [5.74, 6) is 0.236. The minimum atomic E-state index is -3.03. The number of rotatable bonds is 2. The molecule has 0 aromatic rings. The molecule has 0 spiro atoms. The molecule has 2 aliphatic heterocycles. The van der Waals surface area contributed by atoms with Gasteiger partial charge in [0, 0.05) is 32.2 Å². The van der Waals surface area contributed by atoms with Crippen LogP contribution < -0.4 is 10.6 Å². The number of hydrogen-bond donors (Lipinski definition) is 2. The van der Waals surface area contributed by atoms with Crippen molar-refractivity contribution in [2.24, 2.45) is 0 Å². The number of sulfonamides is 1. The van der Waals surface area contributed by atoms with E-state index in [2.05, 4.69) is 10.6 Å². The van der Waals surface area contributed by atoms with E-state index in [4.69, 9.17) is 0 Å². The van der Waals surface area contributed by atoms with Crippen LogP contribution in [0, 0.1) is 0 Å². The fourth-order valence-electron chi connectivity index (χ4n) is 2.33. The predicted molar refractivity (Wildman–Crippen MR) is 63.9 cm³/mol. The summed E-state index contributed by atoms with van der Waals surface area (Å²) in [5.41, 5.74) is 0. The second kappa shape index (κ2) is 5.44. The van der Waals surface area contributed by atoms with E-state index in [1.54, 1.807) is 4.31 Å². The fourth-order valence-corrected chi connectivity index (χ4v) is 3.77. The van der Waals surface area contributed by atoms with Gasteiger partial charge in [-0.3, -0.25) is 0 Å². The van der Waals surface area contributed by atoms with Gasteiger partial charge in [-0.25, -0.2) is 8.42 Å². The molecule has 2 aliphatic rings. The minimum absolute atomic E-state index is 0.236. The van der Waals surface area contributed by atoms with Crippen LogP contribution in [0.5, 0.6) is 0 Å². The molecule has 2 heterocycles. The average molecular weight is 247 g/mol. The van der Waals surface area contributed by atoms with Crippen molar-refractivity contribution in [2.75, 3.05) is 38.5 Å². The van der Waals surface area contributed by atoms with Crippen LogP contribution >= 0.6 is 0 Å². The molecule has 0 amide bonds. The first-order chi connectivity index (χ1) is 7.68. The van der Waals surface area contributed by atoms with E-state index >= 15 is 0 Å². The lowest BCUT2D eigenvalue weighted by atomic mass is 10.1. The third-order valence-electron chi connectivity index (χ3n) is 3.30. The van der Waals surface area contributed by atoms with Crippen molar-refractivity contribution in [3.63, 3.8) is 0 Å². The van der Waals surface area contributed by atoms with Crippen LogP contribution in [-0.2, 0) is 10.0 Å². The molecule has 0 aliphatic carbocycles. The molecule has 0 saturated carbocycles. The van der Waals surface area contributed by atoms with Crippen molar-refractivity contribution in [2.45, 2.75) is 25.3 Å². The Morgan fingerprint density at radius 1 is 1.19 bits per heavy atom. The molecule has 2 N–H and O–H groups in total. The molecule has 0 aromatic carbocycles. The summed E-state index contributed by atoms with van der Waals surface area (Å²) in [5, 5.41) is 6.53. The van der Waals surface area contributed by atoms with E-state index in [-0.39, 0.29) is 5.75 Å². The van der Waals surface area contributed by atoms with Crippen molar-refractivity contribution in [3.8, 4) is 0 Å². The van der Waals surface area contributed by atoms with E-state index in [1.165, 1.54) is 12.8 Å². The van der Waals surface area contributed by atoms with E-state index in [0.717, 1.165) is 19.5 Å². The number of piperidine rings is 1. The van der Waals surface area contributed by atoms with Gasteiger partial charge in [-0.2, -0.15) is 4.31 Å². The van der Waals surface area contributed by atoms with Gasteiger partial charge in [-0.05, 0) is 19.4 Å². The molecule has 2 saturated heterocycles. The lowest BCUT2D eigenvalue weighted by molar-refractivity contribution is 0.316. The average Bonchev–Trinajstić information content (AvgIpc) is 2.43. The number of hydrogen-bond acceptors (Lipinski definition) is 4. The molecule has 0 aromatic heterocycles. The lowest BCUT2D eigenvalue weighted by Gasteiger charge is -2.29. The SMILES string of the molecule is O=S1(=O)CCNCCN1CC1CCCCN1. The van der Waals surface area contributed by atoms with Crippen LogP contribution in [-0.4, -0.2) is 57.2 Å². The Morgan fingerprint density at radius 2 is 2.06 bits per heavy atom. The van der Waals surface area contributed by atoms with Crippen LogP contribution in [0.15, 0.2) is 0 Å². The molecule has 2 fully saturated rings. The summed E-state index contributed by atoms with van der Waals surface area (Å²) in [6.07, 6.45) is 3.52. The van der Waals surface area contributed by atoms with Crippen molar-refractivity contribution in [3.05, 3.63) is 0 Å². The first-order valence-electron chi connectivity index (χ1n) is 6.10. The van der Waals surface area contributed by atoms with Gasteiger partial charge in [0.05, 0.1) is 5.75 Å². The molecule has 16 heavy (non-hydrogen) atoms. The molecule has 94 valence electrons. The predicted octanol–water partition coefficient (Wildman–Crippen LogP) is -0.636. The summed E-state index contributed by atoms with van der Waals surface area (Å²) in [7, 11) is -3.03. The van der Waals surface area contributed by atoms with E-state index < -0.39 is 10.0 Å². The van der Waals surface area contributed by atoms with Gasteiger partial charge in [0.25, 0.3) is 0 Å². The third kappa shape index (κ3) is 3.16. The Morgan fingerprint density at radius 3 is 2.81 bits per heavy atom. The Labute approximate surface area is 97.6 Å². The van der Waals surface area contributed by atoms with Crippen molar-refractivity contribution < 1.29 is 8.42 Å². The number of nitrogens with one attached hydrogen (secondary N) is 2. The highest BCUT2D eigenvalue weighted by Crippen LogP contribution is 2.11. The number of nitrogens with zero attached hydrogens (tertiary/aromatic N) is 1. The fraction of sp³-hybridized carbons (Fsp3) is 1.00. The molecular weight excluding hydrogens is 226 g/mol. The van der Waals surface area contributed by atoms with Crippen molar-refractivity contribution in [1.82, 2.24) is 14.9 Å². The molecule has 2 rings (SSSR count). The van der Waals surface area contributed by atoms with Gasteiger partial charge in [0.1, 0.15) is 0 Å². The molecule has 5 nitrogen and oxygen atoms in total. The maximum atomic E-state index is 11.9. The van der Waals surface area contributed by atoms with Crippen LogP contribution in [0.2, 0.25) is 0 Å². The Hall–Kier alpha value is -0.170. The highest BCUT2D eigenvalue weighted by molar-refractivity contribution is 7.89. The monoisotopic (exact) mass is 247 g/mol. The van der Waals surface area contributed by atoms with Crippen molar-refractivity contribution >= 4 is 10.0 Å². The minimum Gasteiger partial charge on any atom is -0.314 e. The summed E-state index contributed by atoms with van der Waals surface area (Å²) >= 11 is 0. The molecule has 0 radical (unpaired) electrons. The van der Waals surface area contributed by atoms with Crippen LogP contribution in [0.3, 0.4) is 0 Å². The Kier molecular flexibility index (Phi) is 4.18. The second-order valence-electron chi connectivity index (χ2n) is 4.57. The third-order valence-corrected chi connectivity index (χ3v) is 5.14. The lowest BCUT2D eigenvalue weighted by Crippen LogP contribution is -2.46. The van der Waals surface area contributed by atoms with Crippen molar-refractivity contribution in [1.29, 1.82) is 0 Å². The zero-order valence-corrected chi connectivity index (χ0v) is 10.4. The van der Waals surface area contributed by atoms with Crippen LogP contribution in [0.4, 0.5) is 0 Å². The summed E-state index contributed by atoms with van der Waals surface area (Å²) in [6, 6.07) is 0.349. The largest absolute Gasteiger partial charge is 0.314 e. The highest BCUT2D eigenvalue weighted by atomic mass is 32.2. The first-order valence-corrected chi connectivity index (χ1v) is 7.71. The van der Waals surface area contributed by atoms with E-state index in [0.29, 0.717) is 25.7 Å². The maximum Gasteiger partial charge on any atom is 0.215 e. The first kappa shape index (κ1) is 12.3. The van der Waals surface area contributed by atoms with E-state index in [1.807, 2.05) is 0 Å². The Balaban J connectivity index is 1.95. The molecule has 1 atom stereocenters. The van der Waals surface area contributed by atoms with Gasteiger partial charge < -0.3 is 10.6 Å². The topological polar surface area (TPSA) is 61.4 Å². The van der Waals surface area contributed by atoms with Gasteiger partial charge >= 0.3 is 0 Å². The smallest absolute Gasteiger partial charge is 0.215 e. The molecule has 6 heteroatoms. The van der Waals surface area contributed by atoms with Gasteiger partial charge in [0.15, 0.2) is 0 Å². The Bertz CT molecular complexity index is 312. The molecule has 1 unspecified atom stereocenters. The van der Waals surface area contributed by atoms with Gasteiger partial charge in [-0.15, -0.1) is 0 Å². The van der Waals surface area contributed by atoms with Gasteiger partial charge in [0.2, 0.25) is 10.0 Å². The van der Waals surface area contributed by atoms with E-state index in [9.17, 15) is 8.42 Å². The maximum absolute atomic E-state index is 11.9. The zero-order valence-electron chi connectivity index (χ0n) is 9.61. The molecule has 0 bridgehead atoms. The molecular formula is C10H21N3O2S. The van der Waals surface area contributed by atoms with Crippen LogP contribution in [0.1, 0.15) is 19.3 Å². The normalized spacial score (nSPS) is 32.1. The van der Waals surface area contributed by atoms with Crippen LogP contribution in [0.25, 0.3) is 0 Å². The summed E-state index contributed by atoms with van der Waals surface area (Å²) in [6.45, 7) is 3.63. The van der Waals surface area contributed by atoms with Gasteiger partial charge in [-0.1, -0.05) is 6.42 Å². The second-order valence-corrected chi connectivity index (χ2v) is 6.66. The summed E-state index contributed by atoms with van der Waals surface area (Å²) < 4.78 is 25.5.